The average Bonchev–Trinajstić information content (AvgIpc) is 3.29. The second kappa shape index (κ2) is 12.7. The van der Waals surface area contributed by atoms with Gasteiger partial charge in [0.2, 0.25) is 17.7 Å². The normalized spacial score (nSPS) is 12.5. The van der Waals surface area contributed by atoms with Gasteiger partial charge in [0.15, 0.2) is 5.78 Å². The summed E-state index contributed by atoms with van der Waals surface area (Å²) in [6, 6.07) is 5.64. The van der Waals surface area contributed by atoms with Crippen LogP contribution in [0.5, 0.6) is 5.75 Å². The van der Waals surface area contributed by atoms with E-state index in [1.807, 2.05) is 0 Å². The largest absolute Gasteiger partial charge is 0.496 e. The zero-order valence-electron chi connectivity index (χ0n) is 21.6. The fourth-order valence-electron chi connectivity index (χ4n) is 4.01. The van der Waals surface area contributed by atoms with Crippen LogP contribution in [0.4, 0.5) is 0 Å². The van der Waals surface area contributed by atoms with Crippen molar-refractivity contribution < 1.29 is 28.7 Å². The molecular formula is C25H35N5O6. The lowest BCUT2D eigenvalue weighted by molar-refractivity contribution is -0.142. The van der Waals surface area contributed by atoms with Gasteiger partial charge in [-0.2, -0.15) is 0 Å². The quantitative estimate of drug-likeness (QED) is 0.341. The second-order valence-corrected chi connectivity index (χ2v) is 8.82. The molecule has 0 aliphatic rings. The van der Waals surface area contributed by atoms with Crippen LogP contribution < -0.4 is 20.7 Å². The molecule has 4 amide bonds. The molecule has 0 fully saturated rings. The highest BCUT2D eigenvalue weighted by Crippen LogP contribution is 2.26. The van der Waals surface area contributed by atoms with Gasteiger partial charge in [0.1, 0.15) is 11.4 Å². The first-order valence-corrected chi connectivity index (χ1v) is 11.7. The van der Waals surface area contributed by atoms with Crippen LogP contribution in [-0.4, -0.2) is 78.6 Å². The van der Waals surface area contributed by atoms with Gasteiger partial charge in [0.05, 0.1) is 26.2 Å². The summed E-state index contributed by atoms with van der Waals surface area (Å²) in [7, 11) is 3.03. The molecule has 11 heteroatoms. The molecule has 0 radical (unpaired) electrons. The zero-order chi connectivity index (χ0) is 27.0. The van der Waals surface area contributed by atoms with E-state index in [1.54, 1.807) is 45.0 Å². The summed E-state index contributed by atoms with van der Waals surface area (Å²) in [6.07, 6.45) is 0.0672. The van der Waals surface area contributed by atoms with Gasteiger partial charge in [-0.15, -0.1) is 0 Å². The standard InChI is InChI=1S/C25H35N5O6/c1-14(2)30(20(10-15(3)24(34)26-5)21(32)12-27-16(4)31)23(33)13-28-25(35)19-11-17-18(29-19)8-7-9-22(17)36-6/h7-9,11,14-15,20,29H,10,12-13H2,1-6H3,(H,26,34)(H,27,31)(H,28,35)/t15-,20?/m0/s1. The van der Waals surface area contributed by atoms with Crippen LogP contribution in [0.15, 0.2) is 24.3 Å². The summed E-state index contributed by atoms with van der Waals surface area (Å²) in [5.41, 5.74) is 0.964. The van der Waals surface area contributed by atoms with Crippen molar-refractivity contribution in [1.29, 1.82) is 0 Å². The van der Waals surface area contributed by atoms with Crippen molar-refractivity contribution in [2.24, 2.45) is 5.92 Å². The molecule has 1 aromatic carbocycles. The first kappa shape index (κ1) is 28.3. The van der Waals surface area contributed by atoms with Crippen molar-refractivity contribution in [3.8, 4) is 5.75 Å². The van der Waals surface area contributed by atoms with E-state index in [4.69, 9.17) is 4.74 Å². The number of nitrogens with one attached hydrogen (secondary N) is 4. The number of rotatable bonds is 12. The number of amides is 4. The fourth-order valence-corrected chi connectivity index (χ4v) is 4.01. The molecule has 196 valence electrons. The number of Topliss-reactive ketones (excluding diaryl/α,β-unsaturated/α-hetero) is 1. The Morgan fingerprint density at radius 1 is 1.06 bits per heavy atom. The fraction of sp³-hybridized carbons (Fsp3) is 0.480. The van der Waals surface area contributed by atoms with Gasteiger partial charge in [-0.3, -0.25) is 24.0 Å². The first-order valence-electron chi connectivity index (χ1n) is 11.7. The third-order valence-corrected chi connectivity index (χ3v) is 5.82. The van der Waals surface area contributed by atoms with Crippen LogP contribution in [0.1, 0.15) is 44.6 Å². The third kappa shape index (κ3) is 7.06. The van der Waals surface area contributed by atoms with E-state index in [-0.39, 0.29) is 37.0 Å². The van der Waals surface area contributed by atoms with Crippen molar-refractivity contribution in [1.82, 2.24) is 25.8 Å². The van der Waals surface area contributed by atoms with Crippen molar-refractivity contribution >= 4 is 40.3 Å². The number of aromatic nitrogens is 1. The van der Waals surface area contributed by atoms with Crippen LogP contribution in [-0.2, 0) is 19.2 Å². The van der Waals surface area contributed by atoms with Gasteiger partial charge in [-0.25, -0.2) is 0 Å². The van der Waals surface area contributed by atoms with Crippen molar-refractivity contribution in [2.75, 3.05) is 27.2 Å². The Hall–Kier alpha value is -3.89. The minimum Gasteiger partial charge on any atom is -0.496 e. The molecule has 0 aliphatic carbocycles. The number of fused-ring (bicyclic) bond motifs is 1. The van der Waals surface area contributed by atoms with E-state index >= 15 is 0 Å². The third-order valence-electron chi connectivity index (χ3n) is 5.82. The van der Waals surface area contributed by atoms with Crippen LogP contribution in [0.3, 0.4) is 0 Å². The lowest BCUT2D eigenvalue weighted by atomic mass is 9.95. The molecule has 1 aromatic heterocycles. The molecule has 4 N–H and O–H groups in total. The van der Waals surface area contributed by atoms with Crippen LogP contribution >= 0.6 is 0 Å². The Morgan fingerprint density at radius 3 is 2.33 bits per heavy atom. The van der Waals surface area contributed by atoms with E-state index < -0.39 is 35.6 Å². The number of hydrogen-bond acceptors (Lipinski definition) is 6. The number of carbonyl (C=O) groups excluding carboxylic acids is 5. The van der Waals surface area contributed by atoms with E-state index in [1.165, 1.54) is 26.0 Å². The van der Waals surface area contributed by atoms with E-state index in [2.05, 4.69) is 20.9 Å². The van der Waals surface area contributed by atoms with Crippen LogP contribution in [0.25, 0.3) is 10.9 Å². The number of hydrogen-bond donors (Lipinski definition) is 4. The maximum absolute atomic E-state index is 13.2. The Morgan fingerprint density at radius 2 is 1.75 bits per heavy atom. The number of benzene rings is 1. The van der Waals surface area contributed by atoms with Crippen molar-refractivity contribution in [2.45, 2.75) is 46.2 Å². The second-order valence-electron chi connectivity index (χ2n) is 8.82. The Kier molecular flexibility index (Phi) is 10.0. The molecule has 2 rings (SSSR count). The number of H-pyrrole nitrogens is 1. The molecule has 0 aliphatic heterocycles. The average molecular weight is 502 g/mol. The van der Waals surface area contributed by atoms with E-state index in [9.17, 15) is 24.0 Å². The van der Waals surface area contributed by atoms with Gasteiger partial charge in [0, 0.05) is 36.8 Å². The maximum Gasteiger partial charge on any atom is 0.268 e. The van der Waals surface area contributed by atoms with Gasteiger partial charge in [-0.1, -0.05) is 13.0 Å². The number of methoxy groups -OCH3 is 1. The molecule has 36 heavy (non-hydrogen) atoms. The highest BCUT2D eigenvalue weighted by atomic mass is 16.5. The summed E-state index contributed by atoms with van der Waals surface area (Å²) in [4.78, 5) is 66.9. The van der Waals surface area contributed by atoms with Gasteiger partial charge in [0.25, 0.3) is 5.91 Å². The topological polar surface area (TPSA) is 150 Å². The van der Waals surface area contributed by atoms with Gasteiger partial charge < -0.3 is 30.6 Å². The van der Waals surface area contributed by atoms with Crippen LogP contribution in [0.2, 0.25) is 0 Å². The Labute approximate surface area is 210 Å². The van der Waals surface area contributed by atoms with E-state index in [0.29, 0.717) is 11.3 Å². The molecule has 2 atom stereocenters. The van der Waals surface area contributed by atoms with Gasteiger partial charge in [-0.05, 0) is 38.5 Å². The number of carbonyl (C=O) groups is 5. The molecular weight excluding hydrogens is 466 g/mol. The van der Waals surface area contributed by atoms with Gasteiger partial charge >= 0.3 is 0 Å². The molecule has 1 heterocycles. The summed E-state index contributed by atoms with van der Waals surface area (Å²) < 4.78 is 5.32. The van der Waals surface area contributed by atoms with E-state index in [0.717, 1.165) is 5.39 Å². The molecule has 0 saturated heterocycles. The summed E-state index contributed by atoms with van der Waals surface area (Å²) in [5.74, 6) is -2.00. The molecule has 0 bridgehead atoms. The predicted octanol–water partition coefficient (Wildman–Crippen LogP) is 0.989. The molecule has 2 aromatic rings. The summed E-state index contributed by atoms with van der Waals surface area (Å²) in [5, 5.41) is 8.33. The monoisotopic (exact) mass is 501 g/mol. The molecule has 0 saturated carbocycles. The number of ether oxygens (including phenoxy) is 1. The Balaban J connectivity index is 2.21. The van der Waals surface area contributed by atoms with Crippen LogP contribution in [0, 0.1) is 5.92 Å². The maximum atomic E-state index is 13.2. The summed E-state index contributed by atoms with van der Waals surface area (Å²) >= 11 is 0. The number of aromatic amines is 1. The smallest absolute Gasteiger partial charge is 0.268 e. The highest BCUT2D eigenvalue weighted by Gasteiger charge is 2.34. The minimum atomic E-state index is -0.967. The van der Waals surface area contributed by atoms with Crippen molar-refractivity contribution in [3.05, 3.63) is 30.0 Å². The number of ketones is 1. The molecule has 1 unspecified atom stereocenters. The minimum absolute atomic E-state index is 0.0672. The number of nitrogens with zero attached hydrogens (tertiary/aromatic N) is 1. The first-order chi connectivity index (χ1) is 17.0. The SMILES string of the molecule is CNC(=O)[C@@H](C)CC(C(=O)CNC(C)=O)N(C(=O)CNC(=O)c1cc2c(OC)cccc2[nH]1)C(C)C. The lowest BCUT2D eigenvalue weighted by Gasteiger charge is -2.35. The Bertz CT molecular complexity index is 1130. The lowest BCUT2D eigenvalue weighted by Crippen LogP contribution is -2.54. The molecule has 0 spiro atoms. The van der Waals surface area contributed by atoms with Crippen molar-refractivity contribution in [3.63, 3.8) is 0 Å². The predicted molar refractivity (Wildman–Crippen MR) is 134 cm³/mol. The zero-order valence-corrected chi connectivity index (χ0v) is 21.6. The summed E-state index contributed by atoms with van der Waals surface area (Å²) in [6.45, 7) is 5.80. The molecule has 11 nitrogen and oxygen atoms in total. The highest BCUT2D eigenvalue weighted by molar-refractivity contribution is 6.01.